The summed E-state index contributed by atoms with van der Waals surface area (Å²) < 4.78 is 0. The van der Waals surface area contributed by atoms with Crippen LogP contribution in [-0.4, -0.2) is 5.91 Å². The Hall–Kier alpha value is -0.830. The topological polar surface area (TPSA) is 29.1 Å². The van der Waals surface area contributed by atoms with Crippen LogP contribution >= 0.6 is 15.9 Å². The molecule has 1 heterocycles. The third kappa shape index (κ3) is 3.50. The summed E-state index contributed by atoms with van der Waals surface area (Å²) in [5.41, 5.74) is 3.69. The molecule has 1 aliphatic heterocycles. The highest BCUT2D eigenvalue weighted by Crippen LogP contribution is 2.42. The highest BCUT2D eigenvalue weighted by atomic mass is 79.9. The second-order valence-electron chi connectivity index (χ2n) is 6.74. The number of alkyl halides is 1. The SMILES string of the molecule is CC1CCC(C(Br)c2ccc3c(c2)CCCC(=O)N3)CC1. The Morgan fingerprint density at radius 3 is 2.71 bits per heavy atom. The first-order valence-electron chi connectivity index (χ1n) is 8.20. The van der Waals surface area contributed by atoms with Gasteiger partial charge in [-0.1, -0.05) is 47.8 Å². The van der Waals surface area contributed by atoms with E-state index < -0.39 is 0 Å². The standard InChI is InChI=1S/C18H24BrNO/c1-12-5-7-13(8-6-12)18(19)15-9-10-16-14(11-15)3-2-4-17(21)20-16/h9-13,18H,2-8H2,1H3,(H,20,21). The molecule has 2 aliphatic rings. The van der Waals surface area contributed by atoms with Crippen LogP contribution in [0.1, 0.15) is 61.4 Å². The van der Waals surface area contributed by atoms with Crippen LogP contribution in [0.4, 0.5) is 5.69 Å². The van der Waals surface area contributed by atoms with Crippen LogP contribution in [-0.2, 0) is 11.2 Å². The molecule has 1 N–H and O–H groups in total. The molecular weight excluding hydrogens is 326 g/mol. The van der Waals surface area contributed by atoms with E-state index in [1.165, 1.54) is 36.8 Å². The fraction of sp³-hybridized carbons (Fsp3) is 0.611. The maximum atomic E-state index is 11.6. The van der Waals surface area contributed by atoms with Crippen molar-refractivity contribution in [1.29, 1.82) is 0 Å². The zero-order valence-electron chi connectivity index (χ0n) is 12.7. The third-order valence-electron chi connectivity index (χ3n) is 5.05. The van der Waals surface area contributed by atoms with E-state index in [1.807, 2.05) is 0 Å². The molecule has 1 saturated carbocycles. The Balaban J connectivity index is 1.76. The molecule has 1 unspecified atom stereocenters. The van der Waals surface area contributed by atoms with Gasteiger partial charge < -0.3 is 5.32 Å². The van der Waals surface area contributed by atoms with Crippen LogP contribution < -0.4 is 5.32 Å². The average molecular weight is 350 g/mol. The first-order valence-corrected chi connectivity index (χ1v) is 9.12. The van der Waals surface area contributed by atoms with Crippen molar-refractivity contribution in [3.8, 4) is 0 Å². The minimum Gasteiger partial charge on any atom is -0.326 e. The van der Waals surface area contributed by atoms with Crippen LogP contribution in [0.2, 0.25) is 0 Å². The minimum atomic E-state index is 0.151. The van der Waals surface area contributed by atoms with Crippen LogP contribution in [0, 0.1) is 11.8 Å². The number of amides is 1. The third-order valence-corrected chi connectivity index (χ3v) is 6.32. The normalized spacial score (nSPS) is 27.4. The quantitative estimate of drug-likeness (QED) is 0.728. The second-order valence-corrected chi connectivity index (χ2v) is 7.73. The lowest BCUT2D eigenvalue weighted by Crippen LogP contribution is -2.16. The van der Waals surface area contributed by atoms with Gasteiger partial charge in [0.05, 0.1) is 0 Å². The Labute approximate surface area is 135 Å². The van der Waals surface area contributed by atoms with Crippen molar-refractivity contribution in [2.75, 3.05) is 5.32 Å². The number of aryl methyl sites for hydroxylation is 1. The molecule has 1 atom stereocenters. The largest absolute Gasteiger partial charge is 0.326 e. The molecule has 0 saturated heterocycles. The summed E-state index contributed by atoms with van der Waals surface area (Å²) in [5, 5.41) is 3.02. The van der Waals surface area contributed by atoms with Gasteiger partial charge in [0.25, 0.3) is 0 Å². The lowest BCUT2D eigenvalue weighted by atomic mass is 9.80. The highest BCUT2D eigenvalue weighted by molar-refractivity contribution is 9.09. The number of carbonyl (C=O) groups is 1. The fourth-order valence-corrected chi connectivity index (χ4v) is 4.43. The maximum absolute atomic E-state index is 11.6. The number of halogens is 1. The van der Waals surface area contributed by atoms with Gasteiger partial charge in [-0.3, -0.25) is 4.79 Å². The van der Waals surface area contributed by atoms with Gasteiger partial charge in [0.1, 0.15) is 0 Å². The van der Waals surface area contributed by atoms with Crippen molar-refractivity contribution in [1.82, 2.24) is 0 Å². The van der Waals surface area contributed by atoms with Crippen molar-refractivity contribution in [2.45, 2.75) is 56.7 Å². The van der Waals surface area contributed by atoms with Crippen LogP contribution in [0.3, 0.4) is 0 Å². The number of rotatable bonds is 2. The molecule has 0 aromatic heterocycles. The zero-order chi connectivity index (χ0) is 14.8. The van der Waals surface area contributed by atoms with E-state index in [2.05, 4.69) is 46.4 Å². The molecule has 21 heavy (non-hydrogen) atoms. The number of hydrogen-bond acceptors (Lipinski definition) is 1. The number of anilines is 1. The molecule has 1 aromatic rings. The van der Waals surface area contributed by atoms with Crippen LogP contribution in [0.5, 0.6) is 0 Å². The molecule has 1 amide bonds. The molecule has 0 radical (unpaired) electrons. The van der Waals surface area contributed by atoms with Gasteiger partial charge in [0, 0.05) is 16.9 Å². The van der Waals surface area contributed by atoms with E-state index in [0.29, 0.717) is 11.2 Å². The summed E-state index contributed by atoms with van der Waals surface area (Å²) in [6.45, 7) is 2.37. The van der Waals surface area contributed by atoms with Crippen molar-refractivity contribution in [3.05, 3.63) is 29.3 Å². The van der Waals surface area contributed by atoms with Gasteiger partial charge in [-0.2, -0.15) is 0 Å². The molecule has 3 heteroatoms. The van der Waals surface area contributed by atoms with Crippen molar-refractivity contribution in [2.24, 2.45) is 11.8 Å². The zero-order valence-corrected chi connectivity index (χ0v) is 14.3. The fourth-order valence-electron chi connectivity index (χ4n) is 3.62. The number of fused-ring (bicyclic) bond motifs is 1. The molecule has 3 rings (SSSR count). The summed E-state index contributed by atoms with van der Waals surface area (Å²) >= 11 is 3.94. The van der Waals surface area contributed by atoms with E-state index in [4.69, 9.17) is 0 Å². The number of hydrogen-bond donors (Lipinski definition) is 1. The molecule has 0 spiro atoms. The first kappa shape index (κ1) is 15.1. The van der Waals surface area contributed by atoms with E-state index in [1.54, 1.807) is 0 Å². The maximum Gasteiger partial charge on any atom is 0.224 e. The minimum absolute atomic E-state index is 0.151. The molecule has 1 aromatic carbocycles. The van der Waals surface area contributed by atoms with Crippen LogP contribution in [0.25, 0.3) is 0 Å². The molecule has 1 fully saturated rings. The van der Waals surface area contributed by atoms with Crippen molar-refractivity contribution in [3.63, 3.8) is 0 Å². The average Bonchev–Trinajstić information content (AvgIpc) is 2.67. The van der Waals surface area contributed by atoms with Crippen molar-refractivity contribution >= 4 is 27.5 Å². The molecule has 114 valence electrons. The van der Waals surface area contributed by atoms with E-state index in [-0.39, 0.29) is 5.91 Å². The van der Waals surface area contributed by atoms with E-state index >= 15 is 0 Å². The molecule has 1 aliphatic carbocycles. The van der Waals surface area contributed by atoms with Gasteiger partial charge in [0.15, 0.2) is 0 Å². The predicted octanol–water partition coefficient (Wildman–Crippen LogP) is 5.22. The van der Waals surface area contributed by atoms with Gasteiger partial charge in [-0.15, -0.1) is 0 Å². The van der Waals surface area contributed by atoms with Gasteiger partial charge >= 0.3 is 0 Å². The molecule has 0 bridgehead atoms. The highest BCUT2D eigenvalue weighted by Gasteiger charge is 2.26. The van der Waals surface area contributed by atoms with Gasteiger partial charge in [-0.05, 0) is 54.7 Å². The Bertz CT molecular complexity index is 520. The number of carbonyl (C=O) groups excluding carboxylic acids is 1. The second kappa shape index (κ2) is 6.51. The van der Waals surface area contributed by atoms with E-state index in [9.17, 15) is 4.79 Å². The van der Waals surface area contributed by atoms with Gasteiger partial charge in [-0.25, -0.2) is 0 Å². The van der Waals surface area contributed by atoms with E-state index in [0.717, 1.165) is 30.4 Å². The van der Waals surface area contributed by atoms with Crippen molar-refractivity contribution < 1.29 is 4.79 Å². The first-order chi connectivity index (χ1) is 10.1. The lowest BCUT2D eigenvalue weighted by molar-refractivity contribution is -0.116. The smallest absolute Gasteiger partial charge is 0.224 e. The summed E-state index contributed by atoms with van der Waals surface area (Å²) in [4.78, 5) is 12.1. The molecule has 2 nitrogen and oxygen atoms in total. The van der Waals surface area contributed by atoms with Crippen LogP contribution in [0.15, 0.2) is 18.2 Å². The lowest BCUT2D eigenvalue weighted by Gasteiger charge is -2.30. The summed E-state index contributed by atoms with van der Waals surface area (Å²) in [7, 11) is 0. The Morgan fingerprint density at radius 1 is 1.19 bits per heavy atom. The monoisotopic (exact) mass is 349 g/mol. The van der Waals surface area contributed by atoms with Gasteiger partial charge in [0.2, 0.25) is 5.91 Å². The number of nitrogens with one attached hydrogen (secondary N) is 1. The Morgan fingerprint density at radius 2 is 1.95 bits per heavy atom. The number of benzene rings is 1. The summed E-state index contributed by atoms with van der Waals surface area (Å²) in [6, 6.07) is 6.58. The summed E-state index contributed by atoms with van der Waals surface area (Å²) in [5.74, 6) is 1.79. The summed E-state index contributed by atoms with van der Waals surface area (Å²) in [6.07, 6.45) is 7.96. The Kier molecular flexibility index (Phi) is 4.68. The predicted molar refractivity (Wildman–Crippen MR) is 90.8 cm³/mol. The molecular formula is C18H24BrNO.